The minimum atomic E-state index is -4.24. The molecule has 0 bridgehead atoms. The minimum absolute atomic E-state index is 0.00230. The molecule has 4 aromatic carbocycles. The molecule has 1 unspecified atom stereocenters. The fourth-order valence-corrected chi connectivity index (χ4v) is 6.29. The standard InChI is InChI=1S/C34H35ClFN3O4S/c1-3-20-37-34(41)32(21-26-8-5-4-6-9-26)38(23-27-14-16-29(36)17-15-27)33(40)24-39(30-11-7-10-28(35)22-30)44(42,43)31-18-12-25(2)13-19-31/h4-19,22,32H,3,20-21,23-24H2,1-2H3,(H,37,41). The van der Waals surface area contributed by atoms with Crippen LogP contribution in [0.15, 0.2) is 108 Å². The highest BCUT2D eigenvalue weighted by Gasteiger charge is 2.34. The van der Waals surface area contributed by atoms with Crippen LogP contribution in [0.4, 0.5) is 10.1 Å². The van der Waals surface area contributed by atoms with Gasteiger partial charge in [0.05, 0.1) is 10.6 Å². The van der Waals surface area contributed by atoms with Crippen molar-refractivity contribution in [2.24, 2.45) is 0 Å². The Hall–Kier alpha value is -4.21. The number of aryl methyl sites for hydroxylation is 1. The lowest BCUT2D eigenvalue weighted by Gasteiger charge is -2.34. The van der Waals surface area contributed by atoms with Gasteiger partial charge in [-0.25, -0.2) is 12.8 Å². The molecule has 0 fully saturated rings. The van der Waals surface area contributed by atoms with E-state index >= 15 is 0 Å². The Kier molecular flexibility index (Phi) is 11.1. The van der Waals surface area contributed by atoms with Gasteiger partial charge in [-0.2, -0.15) is 0 Å². The maximum absolute atomic E-state index is 14.4. The lowest BCUT2D eigenvalue weighted by atomic mass is 10.0. The molecule has 0 saturated heterocycles. The van der Waals surface area contributed by atoms with Crippen molar-refractivity contribution < 1.29 is 22.4 Å². The number of amides is 2. The summed E-state index contributed by atoms with van der Waals surface area (Å²) >= 11 is 6.26. The van der Waals surface area contributed by atoms with Crippen LogP contribution in [0.5, 0.6) is 0 Å². The number of hydrogen-bond donors (Lipinski definition) is 1. The van der Waals surface area contributed by atoms with Gasteiger partial charge < -0.3 is 10.2 Å². The van der Waals surface area contributed by atoms with Crippen molar-refractivity contribution >= 4 is 39.1 Å². The third-order valence-corrected chi connectivity index (χ3v) is 9.09. The summed E-state index contributed by atoms with van der Waals surface area (Å²) < 4.78 is 42.9. The number of sulfonamides is 1. The molecule has 0 saturated carbocycles. The Morgan fingerprint density at radius 1 is 0.886 bits per heavy atom. The first kappa shape index (κ1) is 32.7. The summed E-state index contributed by atoms with van der Waals surface area (Å²) in [4.78, 5) is 29.4. The summed E-state index contributed by atoms with van der Waals surface area (Å²) in [6.07, 6.45) is 0.873. The summed E-state index contributed by atoms with van der Waals surface area (Å²) in [5, 5.41) is 3.19. The van der Waals surface area contributed by atoms with Gasteiger partial charge >= 0.3 is 0 Å². The molecule has 2 amide bonds. The molecule has 44 heavy (non-hydrogen) atoms. The van der Waals surface area contributed by atoms with E-state index < -0.39 is 34.3 Å². The van der Waals surface area contributed by atoms with Crippen LogP contribution in [-0.4, -0.2) is 44.3 Å². The molecule has 1 N–H and O–H groups in total. The fraction of sp³-hybridized carbons (Fsp3) is 0.235. The number of anilines is 1. The first-order valence-corrected chi connectivity index (χ1v) is 16.1. The minimum Gasteiger partial charge on any atom is -0.354 e. The zero-order valence-electron chi connectivity index (χ0n) is 24.6. The van der Waals surface area contributed by atoms with Crippen LogP contribution in [-0.2, 0) is 32.6 Å². The van der Waals surface area contributed by atoms with Crippen LogP contribution in [0.1, 0.15) is 30.0 Å². The molecule has 0 aliphatic carbocycles. The zero-order valence-corrected chi connectivity index (χ0v) is 26.2. The third kappa shape index (κ3) is 8.45. The highest BCUT2D eigenvalue weighted by Crippen LogP contribution is 2.27. The van der Waals surface area contributed by atoms with Gasteiger partial charge in [-0.3, -0.25) is 13.9 Å². The lowest BCUT2D eigenvalue weighted by Crippen LogP contribution is -2.53. The number of carbonyl (C=O) groups is 2. The molecule has 0 aliphatic heterocycles. The summed E-state index contributed by atoms with van der Waals surface area (Å²) in [5.41, 5.74) is 2.47. The summed E-state index contributed by atoms with van der Waals surface area (Å²) in [6.45, 7) is 3.51. The number of carbonyl (C=O) groups excluding carboxylic acids is 2. The van der Waals surface area contributed by atoms with Gasteiger partial charge in [0.2, 0.25) is 11.8 Å². The molecular formula is C34H35ClFN3O4S. The lowest BCUT2D eigenvalue weighted by molar-refractivity contribution is -0.140. The second-order valence-electron chi connectivity index (χ2n) is 10.4. The van der Waals surface area contributed by atoms with Gasteiger partial charge in [0.25, 0.3) is 10.0 Å². The molecule has 4 rings (SSSR count). The number of benzene rings is 4. The molecule has 230 valence electrons. The van der Waals surface area contributed by atoms with Gasteiger partial charge in [0, 0.05) is 24.5 Å². The molecule has 4 aromatic rings. The van der Waals surface area contributed by atoms with E-state index in [2.05, 4.69) is 5.32 Å². The van der Waals surface area contributed by atoms with Crippen LogP contribution >= 0.6 is 11.6 Å². The molecule has 0 aliphatic rings. The molecule has 0 heterocycles. The maximum Gasteiger partial charge on any atom is 0.264 e. The van der Waals surface area contributed by atoms with Crippen LogP contribution in [0.3, 0.4) is 0 Å². The summed E-state index contributed by atoms with van der Waals surface area (Å²) in [6, 6.07) is 26.5. The van der Waals surface area contributed by atoms with Crippen LogP contribution in [0.25, 0.3) is 0 Å². The van der Waals surface area contributed by atoms with Crippen LogP contribution in [0.2, 0.25) is 5.02 Å². The van der Waals surface area contributed by atoms with E-state index in [1.165, 1.54) is 47.4 Å². The topological polar surface area (TPSA) is 86.8 Å². The molecule has 0 aromatic heterocycles. The van der Waals surface area contributed by atoms with E-state index in [0.29, 0.717) is 23.6 Å². The van der Waals surface area contributed by atoms with Crippen molar-refractivity contribution in [3.63, 3.8) is 0 Å². The van der Waals surface area contributed by atoms with Gasteiger partial charge in [-0.1, -0.05) is 84.8 Å². The van der Waals surface area contributed by atoms with Crippen molar-refractivity contribution in [2.45, 2.75) is 44.2 Å². The van der Waals surface area contributed by atoms with Crippen LogP contribution < -0.4 is 9.62 Å². The van der Waals surface area contributed by atoms with Gasteiger partial charge in [-0.05, 0) is 66.9 Å². The van der Waals surface area contributed by atoms with E-state index in [4.69, 9.17) is 11.6 Å². The highest BCUT2D eigenvalue weighted by molar-refractivity contribution is 7.92. The number of hydrogen-bond acceptors (Lipinski definition) is 4. The Morgan fingerprint density at radius 2 is 1.57 bits per heavy atom. The quantitative estimate of drug-likeness (QED) is 0.191. The van der Waals surface area contributed by atoms with Crippen LogP contribution in [0, 0.1) is 12.7 Å². The monoisotopic (exact) mass is 635 g/mol. The molecular weight excluding hydrogens is 601 g/mol. The van der Waals surface area contributed by atoms with E-state index in [-0.39, 0.29) is 29.5 Å². The molecule has 0 spiro atoms. The Morgan fingerprint density at radius 3 is 2.20 bits per heavy atom. The first-order valence-electron chi connectivity index (χ1n) is 14.3. The molecule has 0 radical (unpaired) electrons. The van der Waals surface area contributed by atoms with Crippen molar-refractivity contribution in [3.05, 3.63) is 131 Å². The average molecular weight is 636 g/mol. The van der Waals surface area contributed by atoms with Gasteiger partial charge in [-0.15, -0.1) is 0 Å². The SMILES string of the molecule is CCCNC(=O)C(Cc1ccccc1)N(Cc1ccc(F)cc1)C(=O)CN(c1cccc(Cl)c1)S(=O)(=O)c1ccc(C)cc1. The Labute approximate surface area is 263 Å². The van der Waals surface area contributed by atoms with Crippen molar-refractivity contribution in [3.8, 4) is 0 Å². The average Bonchev–Trinajstić information content (AvgIpc) is 3.01. The zero-order chi connectivity index (χ0) is 31.7. The van der Waals surface area contributed by atoms with E-state index in [9.17, 15) is 22.4 Å². The predicted molar refractivity (Wildman–Crippen MR) is 171 cm³/mol. The molecule has 7 nitrogen and oxygen atoms in total. The van der Waals surface area contributed by atoms with Crippen molar-refractivity contribution in [1.29, 1.82) is 0 Å². The largest absolute Gasteiger partial charge is 0.354 e. The normalized spacial score (nSPS) is 11.9. The first-order chi connectivity index (χ1) is 21.1. The van der Waals surface area contributed by atoms with E-state index in [0.717, 1.165) is 15.4 Å². The molecule has 1 atom stereocenters. The number of nitrogens with zero attached hydrogens (tertiary/aromatic N) is 2. The van der Waals surface area contributed by atoms with E-state index in [1.54, 1.807) is 30.3 Å². The van der Waals surface area contributed by atoms with E-state index in [1.807, 2.05) is 44.2 Å². The predicted octanol–water partition coefficient (Wildman–Crippen LogP) is 6.15. The smallest absolute Gasteiger partial charge is 0.264 e. The van der Waals surface area contributed by atoms with Crippen molar-refractivity contribution in [2.75, 3.05) is 17.4 Å². The van der Waals surface area contributed by atoms with Gasteiger partial charge in [0.1, 0.15) is 18.4 Å². The Balaban J connectivity index is 1.79. The Bertz CT molecular complexity index is 1670. The highest BCUT2D eigenvalue weighted by atomic mass is 35.5. The number of rotatable bonds is 13. The second-order valence-corrected chi connectivity index (χ2v) is 12.7. The van der Waals surface area contributed by atoms with Gasteiger partial charge in [0.15, 0.2) is 0 Å². The maximum atomic E-state index is 14.4. The third-order valence-electron chi connectivity index (χ3n) is 7.07. The number of nitrogens with one attached hydrogen (secondary N) is 1. The number of halogens is 2. The van der Waals surface area contributed by atoms with Crippen molar-refractivity contribution in [1.82, 2.24) is 10.2 Å². The second kappa shape index (κ2) is 15.0. The summed E-state index contributed by atoms with van der Waals surface area (Å²) in [5.74, 6) is -1.43. The molecule has 10 heteroatoms. The summed E-state index contributed by atoms with van der Waals surface area (Å²) in [7, 11) is -4.24. The fourth-order valence-electron chi connectivity index (χ4n) is 4.70.